The van der Waals surface area contributed by atoms with E-state index in [1.807, 2.05) is 41.6 Å². The van der Waals surface area contributed by atoms with E-state index in [-0.39, 0.29) is 17.9 Å². The summed E-state index contributed by atoms with van der Waals surface area (Å²) in [6.07, 6.45) is 15.3. The van der Waals surface area contributed by atoms with Crippen LogP contribution in [0, 0.1) is 0 Å². The smallest absolute Gasteiger partial charge is 0.256 e. The molecule has 9 heteroatoms. The lowest BCUT2D eigenvalue weighted by atomic mass is 10.1. The van der Waals surface area contributed by atoms with Gasteiger partial charge in [-0.05, 0) is 75.2 Å². The maximum Gasteiger partial charge on any atom is 0.256 e. The van der Waals surface area contributed by atoms with Gasteiger partial charge in [0.2, 0.25) is 11.7 Å². The molecule has 1 aromatic heterocycles. The molecule has 2 fully saturated rings. The number of quaternary nitrogens is 1. The van der Waals surface area contributed by atoms with Gasteiger partial charge in [0.15, 0.2) is 5.70 Å². The van der Waals surface area contributed by atoms with E-state index in [0.717, 1.165) is 61.8 Å². The Morgan fingerprint density at radius 1 is 1.07 bits per heavy atom. The van der Waals surface area contributed by atoms with Gasteiger partial charge in [0.1, 0.15) is 17.7 Å². The lowest BCUT2D eigenvalue weighted by molar-refractivity contribution is -0.713. The molecule has 0 radical (unpaired) electrons. The molecule has 9 nitrogen and oxygen atoms in total. The third-order valence-corrected chi connectivity index (χ3v) is 8.06. The number of amidine groups is 1. The highest BCUT2D eigenvalue weighted by molar-refractivity contribution is 6.05. The fourth-order valence-corrected chi connectivity index (χ4v) is 5.90. The van der Waals surface area contributed by atoms with E-state index in [2.05, 4.69) is 27.2 Å². The second-order valence-electron chi connectivity index (χ2n) is 10.7. The Morgan fingerprint density at radius 2 is 1.90 bits per heavy atom. The van der Waals surface area contributed by atoms with Crippen molar-refractivity contribution in [2.24, 2.45) is 9.98 Å². The normalized spacial score (nSPS) is 24.2. The molecule has 2 unspecified atom stereocenters. The molecule has 2 atom stereocenters. The van der Waals surface area contributed by atoms with Crippen LogP contribution < -0.4 is 5.32 Å². The summed E-state index contributed by atoms with van der Waals surface area (Å²) in [6, 6.07) is 12.7. The summed E-state index contributed by atoms with van der Waals surface area (Å²) in [5.74, 6) is 1.17. The third kappa shape index (κ3) is 5.05. The van der Waals surface area contributed by atoms with Gasteiger partial charge in [-0.25, -0.2) is 9.47 Å². The van der Waals surface area contributed by atoms with Crippen LogP contribution in [0.25, 0.3) is 0 Å². The van der Waals surface area contributed by atoms with Gasteiger partial charge in [-0.3, -0.25) is 19.5 Å². The third-order valence-electron chi connectivity index (χ3n) is 8.06. The number of amides is 2. The summed E-state index contributed by atoms with van der Waals surface area (Å²) in [5, 5.41) is 2.82. The lowest BCUT2D eigenvalue weighted by Crippen LogP contribution is -2.43. The molecule has 4 aliphatic rings. The Kier molecular flexibility index (Phi) is 7.23. The standard InChI is InChI=1S/C31H33N7O2/c1-38-21-16-32-22-26(38)29(25-8-6-20-37(25)28(39)10-7-19-36-17-4-5-18-36)35-30(38)23-11-13-24(14-12-23)31(40)34-27-9-2-3-15-33-27/h2-3,7,9-16,21-22,25H,4-6,8,17-20H2,1H3/p+1/b10-7+. The highest BCUT2D eigenvalue weighted by Gasteiger charge is 2.46. The highest BCUT2D eigenvalue weighted by atomic mass is 16.2. The average Bonchev–Trinajstić information content (AvgIpc) is 3.73. The van der Waals surface area contributed by atoms with Crippen LogP contribution in [0.3, 0.4) is 0 Å². The molecule has 2 amide bonds. The number of pyridine rings is 1. The number of allylic oxidation sites excluding steroid dienone is 1. The first-order chi connectivity index (χ1) is 19.5. The van der Waals surface area contributed by atoms with Crippen LogP contribution in [-0.2, 0) is 4.79 Å². The SMILES string of the molecule is C[N+]12C=CN=CC1=C(C1CCCN1C(=O)/C=C/CN1CCCC1)N=C2c1ccc(C(=O)Nc2ccccn2)cc1. The molecule has 0 spiro atoms. The zero-order chi connectivity index (χ0) is 27.5. The summed E-state index contributed by atoms with van der Waals surface area (Å²) < 4.78 is 0.363. The van der Waals surface area contributed by atoms with Crippen molar-refractivity contribution in [1.29, 1.82) is 0 Å². The van der Waals surface area contributed by atoms with Crippen LogP contribution in [-0.4, -0.2) is 82.4 Å². The van der Waals surface area contributed by atoms with Gasteiger partial charge in [-0.2, -0.15) is 4.99 Å². The predicted molar refractivity (Wildman–Crippen MR) is 156 cm³/mol. The largest absolute Gasteiger partial charge is 0.330 e. The fraction of sp³-hybridized carbons (Fsp3) is 0.323. The summed E-state index contributed by atoms with van der Waals surface area (Å²) >= 11 is 0. The molecule has 1 aromatic carbocycles. The second-order valence-corrected chi connectivity index (χ2v) is 10.7. The molecule has 0 bridgehead atoms. The van der Waals surface area contributed by atoms with E-state index in [1.54, 1.807) is 42.7 Å². The number of hydrogen-bond acceptors (Lipinski definition) is 6. The number of anilines is 1. The topological polar surface area (TPSA) is 90.3 Å². The van der Waals surface area contributed by atoms with Crippen LogP contribution in [0.2, 0.25) is 0 Å². The van der Waals surface area contributed by atoms with Gasteiger partial charge in [-0.15, -0.1) is 0 Å². The first kappa shape index (κ1) is 26.0. The molecule has 4 aliphatic heterocycles. The molecule has 0 aliphatic carbocycles. The van der Waals surface area contributed by atoms with Crippen molar-refractivity contribution in [2.75, 3.05) is 38.5 Å². The summed E-state index contributed by atoms with van der Waals surface area (Å²) in [6.45, 7) is 3.76. The van der Waals surface area contributed by atoms with Crippen molar-refractivity contribution in [2.45, 2.75) is 31.7 Å². The second kappa shape index (κ2) is 11.1. The maximum absolute atomic E-state index is 13.3. The Hall–Kier alpha value is -4.21. The molecule has 1 N–H and O–H groups in total. The molecule has 6 rings (SSSR count). The Labute approximate surface area is 234 Å². The van der Waals surface area contributed by atoms with E-state index in [1.165, 1.54) is 12.8 Å². The average molecular weight is 537 g/mol. The minimum Gasteiger partial charge on any atom is -0.330 e. The van der Waals surface area contributed by atoms with Crippen LogP contribution in [0.5, 0.6) is 0 Å². The summed E-state index contributed by atoms with van der Waals surface area (Å²) in [5.41, 5.74) is 3.31. The maximum atomic E-state index is 13.3. The fourth-order valence-electron chi connectivity index (χ4n) is 5.90. The molecular weight excluding hydrogens is 502 g/mol. The van der Waals surface area contributed by atoms with E-state index in [4.69, 9.17) is 4.99 Å². The Morgan fingerprint density at radius 3 is 2.67 bits per heavy atom. The molecule has 0 saturated carbocycles. The van der Waals surface area contributed by atoms with Crippen LogP contribution in [0.15, 0.2) is 94.6 Å². The number of aliphatic imine (C=N–C) groups is 2. The molecule has 40 heavy (non-hydrogen) atoms. The Bertz CT molecular complexity index is 1440. The van der Waals surface area contributed by atoms with E-state index < -0.39 is 0 Å². The quantitative estimate of drug-likeness (QED) is 0.429. The lowest BCUT2D eigenvalue weighted by Gasteiger charge is -2.29. The van der Waals surface area contributed by atoms with Gasteiger partial charge in [0, 0.05) is 30.9 Å². The Balaban J connectivity index is 1.23. The summed E-state index contributed by atoms with van der Waals surface area (Å²) in [7, 11) is 2.08. The number of rotatable bonds is 7. The van der Waals surface area contributed by atoms with Crippen molar-refractivity contribution in [3.63, 3.8) is 0 Å². The number of carbonyl (C=O) groups is 2. The molecular formula is C31H34N7O2+. The van der Waals surface area contributed by atoms with Crippen molar-refractivity contribution >= 4 is 29.7 Å². The van der Waals surface area contributed by atoms with Crippen LogP contribution in [0.1, 0.15) is 41.6 Å². The minimum absolute atomic E-state index is 0.0409. The molecule has 5 heterocycles. The minimum atomic E-state index is -0.221. The van der Waals surface area contributed by atoms with Crippen molar-refractivity contribution in [1.82, 2.24) is 14.8 Å². The zero-order valence-electron chi connectivity index (χ0n) is 22.7. The van der Waals surface area contributed by atoms with Crippen molar-refractivity contribution < 1.29 is 14.1 Å². The van der Waals surface area contributed by atoms with E-state index in [9.17, 15) is 9.59 Å². The number of benzene rings is 1. The van der Waals surface area contributed by atoms with Crippen LogP contribution in [0.4, 0.5) is 5.82 Å². The number of nitrogens with zero attached hydrogens (tertiary/aromatic N) is 6. The molecule has 2 aromatic rings. The molecule has 2 saturated heterocycles. The van der Waals surface area contributed by atoms with Gasteiger partial charge in [-0.1, -0.05) is 12.1 Å². The number of hydrogen-bond donors (Lipinski definition) is 1. The monoisotopic (exact) mass is 536 g/mol. The van der Waals surface area contributed by atoms with Gasteiger partial charge in [0.05, 0.1) is 31.1 Å². The van der Waals surface area contributed by atoms with E-state index >= 15 is 0 Å². The number of aromatic nitrogens is 1. The number of fused-ring (bicyclic) bond motifs is 1. The summed E-state index contributed by atoms with van der Waals surface area (Å²) in [4.78, 5) is 44.1. The van der Waals surface area contributed by atoms with Gasteiger partial charge >= 0.3 is 0 Å². The van der Waals surface area contributed by atoms with Crippen molar-refractivity contribution in [3.8, 4) is 0 Å². The first-order valence-electron chi connectivity index (χ1n) is 14.0. The first-order valence-corrected chi connectivity index (χ1v) is 14.0. The number of carbonyl (C=O) groups excluding carboxylic acids is 2. The zero-order valence-corrected chi connectivity index (χ0v) is 22.7. The molecule has 204 valence electrons. The predicted octanol–water partition coefficient (Wildman–Crippen LogP) is 3.95. The van der Waals surface area contributed by atoms with Gasteiger partial charge < -0.3 is 10.2 Å². The number of likely N-dealkylation sites (tertiary alicyclic amines) is 2. The van der Waals surface area contributed by atoms with E-state index in [0.29, 0.717) is 15.9 Å². The highest BCUT2D eigenvalue weighted by Crippen LogP contribution is 2.38. The van der Waals surface area contributed by atoms with Gasteiger partial charge in [0.25, 0.3) is 5.91 Å². The number of nitrogens with one attached hydrogen (secondary N) is 1. The van der Waals surface area contributed by atoms with Crippen molar-refractivity contribution in [3.05, 3.63) is 95.7 Å². The van der Waals surface area contributed by atoms with Crippen LogP contribution >= 0.6 is 0 Å².